The highest BCUT2D eigenvalue weighted by atomic mass is 19.1. The molecule has 4 aromatic rings. The molecule has 0 aliphatic rings. The van der Waals surface area contributed by atoms with Gasteiger partial charge >= 0.3 is 0 Å². The smallest absolute Gasteiger partial charge is 0.298 e. The number of hydrogen-bond acceptors (Lipinski definition) is 3. The minimum Gasteiger partial charge on any atom is -0.349 e. The fraction of sp³-hybridized carbons (Fsp3) is 0.0556. The van der Waals surface area contributed by atoms with E-state index in [1.807, 2.05) is 0 Å². The van der Waals surface area contributed by atoms with Gasteiger partial charge in [-0.3, -0.25) is 4.79 Å². The summed E-state index contributed by atoms with van der Waals surface area (Å²) in [7, 11) is 0. The van der Waals surface area contributed by atoms with Crippen LogP contribution >= 0.6 is 0 Å². The van der Waals surface area contributed by atoms with Crippen LogP contribution in [0.25, 0.3) is 21.9 Å². The predicted molar refractivity (Wildman–Crippen MR) is 91.9 cm³/mol. The number of fused-ring (bicyclic) bond motifs is 3. The molecule has 2 heterocycles. The number of hydrogen-bond donors (Lipinski definition) is 1. The number of H-pyrrole nitrogens is 1. The number of aromatic amines is 1. The summed E-state index contributed by atoms with van der Waals surface area (Å²) >= 11 is 0. The number of aromatic nitrogens is 3. The zero-order valence-corrected chi connectivity index (χ0v) is 13.1. The van der Waals surface area contributed by atoms with Gasteiger partial charge in [0.05, 0.1) is 6.21 Å². The van der Waals surface area contributed by atoms with Crippen LogP contribution in [0.4, 0.5) is 8.78 Å². The van der Waals surface area contributed by atoms with Crippen molar-refractivity contribution in [3.8, 4) is 0 Å². The molecule has 0 saturated carbocycles. The summed E-state index contributed by atoms with van der Waals surface area (Å²) in [6.45, 7) is 1.61. The van der Waals surface area contributed by atoms with E-state index in [0.29, 0.717) is 22.2 Å². The summed E-state index contributed by atoms with van der Waals surface area (Å²) in [4.78, 5) is 20.0. The SMILES string of the molecule is Cc1nc2c([nH]c3ccc(F)cc32)c(=O)n1N=Cc1ccccc1F. The van der Waals surface area contributed by atoms with E-state index >= 15 is 0 Å². The highest BCUT2D eigenvalue weighted by Crippen LogP contribution is 2.22. The van der Waals surface area contributed by atoms with Gasteiger partial charge in [-0.1, -0.05) is 18.2 Å². The third kappa shape index (κ3) is 2.50. The first kappa shape index (κ1) is 15.2. The Hall–Kier alpha value is -3.35. The highest BCUT2D eigenvalue weighted by Gasteiger charge is 2.13. The summed E-state index contributed by atoms with van der Waals surface area (Å²) in [5.41, 5.74) is 1.03. The maximum absolute atomic E-state index is 13.7. The summed E-state index contributed by atoms with van der Waals surface area (Å²) in [6.07, 6.45) is 1.26. The van der Waals surface area contributed by atoms with Crippen LogP contribution in [0.3, 0.4) is 0 Å². The number of benzene rings is 2. The van der Waals surface area contributed by atoms with Crippen molar-refractivity contribution in [3.05, 3.63) is 75.8 Å². The Morgan fingerprint density at radius 2 is 2.00 bits per heavy atom. The molecule has 0 aliphatic heterocycles. The van der Waals surface area contributed by atoms with E-state index in [1.165, 1.54) is 24.4 Å². The number of halogens is 2. The largest absolute Gasteiger partial charge is 0.349 e. The Balaban J connectivity index is 1.92. The first-order valence-corrected chi connectivity index (χ1v) is 7.54. The second-order valence-electron chi connectivity index (χ2n) is 5.58. The van der Waals surface area contributed by atoms with Crippen LogP contribution in [0.5, 0.6) is 0 Å². The van der Waals surface area contributed by atoms with Gasteiger partial charge in [0.1, 0.15) is 28.5 Å². The Bertz CT molecular complexity index is 1210. The number of rotatable bonds is 2. The second kappa shape index (κ2) is 5.62. The summed E-state index contributed by atoms with van der Waals surface area (Å²) in [6, 6.07) is 10.3. The van der Waals surface area contributed by atoms with Crippen LogP contribution in [0.15, 0.2) is 52.4 Å². The molecule has 0 bridgehead atoms. The van der Waals surface area contributed by atoms with Crippen molar-refractivity contribution in [2.75, 3.05) is 0 Å². The van der Waals surface area contributed by atoms with Crippen molar-refractivity contribution < 1.29 is 8.78 Å². The molecule has 2 aromatic carbocycles. The minimum absolute atomic E-state index is 0.219. The molecule has 0 radical (unpaired) electrons. The van der Waals surface area contributed by atoms with Crippen LogP contribution in [0.2, 0.25) is 0 Å². The molecule has 5 nitrogen and oxygen atoms in total. The quantitative estimate of drug-likeness (QED) is 0.570. The lowest BCUT2D eigenvalue weighted by Crippen LogP contribution is -2.20. The summed E-state index contributed by atoms with van der Waals surface area (Å²) in [5, 5.41) is 4.59. The van der Waals surface area contributed by atoms with Crippen molar-refractivity contribution >= 4 is 28.2 Å². The van der Waals surface area contributed by atoms with E-state index < -0.39 is 17.2 Å². The Morgan fingerprint density at radius 3 is 2.80 bits per heavy atom. The van der Waals surface area contributed by atoms with E-state index in [4.69, 9.17) is 0 Å². The molecule has 1 N–H and O–H groups in total. The van der Waals surface area contributed by atoms with Crippen LogP contribution < -0.4 is 5.56 Å². The van der Waals surface area contributed by atoms with Gasteiger partial charge in [0.2, 0.25) is 0 Å². The van der Waals surface area contributed by atoms with Crippen LogP contribution in [-0.4, -0.2) is 20.9 Å². The number of nitrogens with zero attached hydrogens (tertiary/aromatic N) is 3. The van der Waals surface area contributed by atoms with Crippen molar-refractivity contribution in [1.82, 2.24) is 14.6 Å². The lowest BCUT2D eigenvalue weighted by molar-refractivity contribution is 0.625. The molecule has 2 aromatic heterocycles. The molecule has 0 unspecified atom stereocenters. The first-order valence-electron chi connectivity index (χ1n) is 7.54. The lowest BCUT2D eigenvalue weighted by Gasteiger charge is -2.03. The van der Waals surface area contributed by atoms with Crippen molar-refractivity contribution in [1.29, 1.82) is 0 Å². The zero-order chi connectivity index (χ0) is 17.6. The minimum atomic E-state index is -0.438. The van der Waals surface area contributed by atoms with Crippen LogP contribution in [0.1, 0.15) is 11.4 Å². The third-order valence-electron chi connectivity index (χ3n) is 3.94. The predicted octanol–water partition coefficient (Wildman–Crippen LogP) is 3.35. The van der Waals surface area contributed by atoms with Gasteiger partial charge < -0.3 is 4.98 Å². The van der Waals surface area contributed by atoms with E-state index in [1.54, 1.807) is 31.2 Å². The van der Waals surface area contributed by atoms with E-state index in [2.05, 4.69) is 15.1 Å². The fourth-order valence-corrected chi connectivity index (χ4v) is 2.72. The van der Waals surface area contributed by atoms with Crippen molar-refractivity contribution in [2.24, 2.45) is 5.10 Å². The maximum atomic E-state index is 13.7. The lowest BCUT2D eigenvalue weighted by atomic mass is 10.2. The normalized spacial score (nSPS) is 11.8. The van der Waals surface area contributed by atoms with E-state index in [-0.39, 0.29) is 11.1 Å². The van der Waals surface area contributed by atoms with Gasteiger partial charge in [0.15, 0.2) is 0 Å². The fourth-order valence-electron chi connectivity index (χ4n) is 2.72. The molecule has 0 amide bonds. The zero-order valence-electron chi connectivity index (χ0n) is 13.1. The average Bonchev–Trinajstić information content (AvgIpc) is 2.94. The van der Waals surface area contributed by atoms with Gasteiger partial charge in [-0.05, 0) is 31.2 Å². The molecule has 0 saturated heterocycles. The maximum Gasteiger partial charge on any atom is 0.298 e. The van der Waals surface area contributed by atoms with Gasteiger partial charge in [-0.15, -0.1) is 0 Å². The molecule has 0 atom stereocenters. The molecule has 4 rings (SSSR count). The standard InChI is InChI=1S/C18H12F2N4O/c1-10-22-16-13-8-12(19)6-7-15(13)23-17(16)18(25)24(10)21-9-11-4-2-3-5-14(11)20/h2-9,23H,1H3. The molecule has 0 spiro atoms. The Kier molecular flexibility index (Phi) is 3.42. The number of nitrogens with one attached hydrogen (secondary N) is 1. The molecular weight excluding hydrogens is 326 g/mol. The van der Waals surface area contributed by atoms with Gasteiger partial charge in [-0.25, -0.2) is 13.8 Å². The van der Waals surface area contributed by atoms with Crippen LogP contribution in [0, 0.1) is 18.6 Å². The topological polar surface area (TPSA) is 63.0 Å². The van der Waals surface area contributed by atoms with Gasteiger partial charge in [-0.2, -0.15) is 9.78 Å². The molecular formula is C18H12F2N4O. The summed E-state index contributed by atoms with van der Waals surface area (Å²) in [5.74, 6) is -0.531. The highest BCUT2D eigenvalue weighted by molar-refractivity contribution is 6.04. The second-order valence-corrected chi connectivity index (χ2v) is 5.58. The molecule has 124 valence electrons. The average molecular weight is 338 g/mol. The van der Waals surface area contributed by atoms with E-state index in [9.17, 15) is 13.6 Å². The third-order valence-corrected chi connectivity index (χ3v) is 3.94. The van der Waals surface area contributed by atoms with Crippen molar-refractivity contribution in [2.45, 2.75) is 6.92 Å². The van der Waals surface area contributed by atoms with Gasteiger partial charge in [0.25, 0.3) is 5.56 Å². The molecule has 7 heteroatoms. The molecule has 25 heavy (non-hydrogen) atoms. The molecule has 0 aliphatic carbocycles. The van der Waals surface area contributed by atoms with Crippen molar-refractivity contribution in [3.63, 3.8) is 0 Å². The van der Waals surface area contributed by atoms with E-state index in [0.717, 1.165) is 4.68 Å². The Labute approximate surface area is 140 Å². The van der Waals surface area contributed by atoms with Gasteiger partial charge in [0, 0.05) is 16.5 Å². The number of aryl methyl sites for hydroxylation is 1. The Morgan fingerprint density at radius 1 is 1.20 bits per heavy atom. The first-order chi connectivity index (χ1) is 12.0. The van der Waals surface area contributed by atoms with Crippen LogP contribution in [-0.2, 0) is 0 Å². The summed E-state index contributed by atoms with van der Waals surface area (Å²) < 4.78 is 28.3. The monoisotopic (exact) mass is 338 g/mol. The molecule has 0 fully saturated rings.